The molecule has 2 rings (SSSR count). The molecule has 0 unspecified atom stereocenters. The van der Waals surface area contributed by atoms with E-state index in [2.05, 4.69) is 32.9 Å². The third-order valence-corrected chi connectivity index (χ3v) is 4.04. The Morgan fingerprint density at radius 3 is 2.73 bits per heavy atom. The molecule has 2 aliphatic rings. The Labute approximate surface area is 91.7 Å². The van der Waals surface area contributed by atoms with E-state index >= 15 is 0 Å². The molecule has 0 spiro atoms. The molecule has 2 aliphatic heterocycles. The number of ether oxygens (including phenoxy) is 1. The smallest absolute Gasteiger partial charge is 0.145 e. The number of ketones is 1. The van der Waals surface area contributed by atoms with Crippen LogP contribution in [0.3, 0.4) is 0 Å². The largest absolute Gasteiger partial charge is 0.362 e. The molecule has 0 amide bonds. The number of Topliss-reactive ketones (excluding diaryl/α,β-unsaturated/α-hetero) is 1. The molecular formula is C13H20O2. The highest BCUT2D eigenvalue weighted by molar-refractivity contribution is 5.87. The van der Waals surface area contributed by atoms with E-state index < -0.39 is 0 Å². The van der Waals surface area contributed by atoms with E-state index in [1.54, 1.807) is 0 Å². The molecule has 0 N–H and O–H groups in total. The molecule has 0 saturated carbocycles. The van der Waals surface area contributed by atoms with Gasteiger partial charge >= 0.3 is 0 Å². The molecule has 0 radical (unpaired) electrons. The first-order valence-corrected chi connectivity index (χ1v) is 5.92. The summed E-state index contributed by atoms with van der Waals surface area (Å²) in [6.45, 7) is 8.30. The van der Waals surface area contributed by atoms with Crippen LogP contribution in [0.1, 0.15) is 34.1 Å². The molecule has 15 heavy (non-hydrogen) atoms. The fraction of sp³-hybridized carbons (Fsp3) is 0.769. The van der Waals surface area contributed by atoms with Gasteiger partial charge in [-0.25, -0.2) is 0 Å². The molecule has 4 atom stereocenters. The maximum atomic E-state index is 12.3. The topological polar surface area (TPSA) is 26.3 Å². The Morgan fingerprint density at radius 1 is 1.53 bits per heavy atom. The molecule has 84 valence electrons. The highest BCUT2D eigenvalue weighted by Gasteiger charge is 2.52. The number of rotatable bonds is 2. The number of hydrogen-bond donors (Lipinski definition) is 0. The minimum absolute atomic E-state index is 0.00454. The fourth-order valence-electron chi connectivity index (χ4n) is 2.94. The maximum absolute atomic E-state index is 12.3. The lowest BCUT2D eigenvalue weighted by Gasteiger charge is -2.42. The minimum Gasteiger partial charge on any atom is -0.362 e. The fourth-order valence-corrected chi connectivity index (χ4v) is 2.94. The summed E-state index contributed by atoms with van der Waals surface area (Å²) in [6, 6.07) is 0. The average molecular weight is 208 g/mol. The summed E-state index contributed by atoms with van der Waals surface area (Å²) in [7, 11) is 0. The van der Waals surface area contributed by atoms with Gasteiger partial charge in [-0.3, -0.25) is 4.79 Å². The van der Waals surface area contributed by atoms with Crippen molar-refractivity contribution < 1.29 is 9.53 Å². The molecule has 0 aromatic carbocycles. The molecule has 2 heterocycles. The van der Waals surface area contributed by atoms with Crippen molar-refractivity contribution in [3.63, 3.8) is 0 Å². The van der Waals surface area contributed by atoms with Crippen molar-refractivity contribution in [3.05, 3.63) is 12.2 Å². The zero-order valence-electron chi connectivity index (χ0n) is 9.99. The van der Waals surface area contributed by atoms with Crippen molar-refractivity contribution >= 4 is 5.78 Å². The van der Waals surface area contributed by atoms with Crippen LogP contribution in [0.2, 0.25) is 0 Å². The molecule has 1 fully saturated rings. The van der Waals surface area contributed by atoms with E-state index in [0.717, 1.165) is 6.42 Å². The predicted octanol–water partition coefficient (Wildman–Crippen LogP) is 2.58. The van der Waals surface area contributed by atoms with Crippen LogP contribution in [-0.4, -0.2) is 17.5 Å². The van der Waals surface area contributed by atoms with Crippen LogP contribution >= 0.6 is 0 Å². The number of fused-ring (bicyclic) bond motifs is 2. The van der Waals surface area contributed by atoms with Gasteiger partial charge in [-0.1, -0.05) is 39.8 Å². The lowest BCUT2D eigenvalue weighted by atomic mass is 9.74. The van der Waals surface area contributed by atoms with Crippen LogP contribution in [0.15, 0.2) is 12.2 Å². The zero-order valence-corrected chi connectivity index (χ0v) is 9.99. The van der Waals surface area contributed by atoms with E-state index in [9.17, 15) is 4.79 Å². The van der Waals surface area contributed by atoms with Gasteiger partial charge in [0.25, 0.3) is 0 Å². The summed E-state index contributed by atoms with van der Waals surface area (Å²) in [4.78, 5) is 12.3. The van der Waals surface area contributed by atoms with Gasteiger partial charge in [0.15, 0.2) is 0 Å². The molecule has 2 heteroatoms. The molecule has 2 nitrogen and oxygen atoms in total. The van der Waals surface area contributed by atoms with Crippen molar-refractivity contribution in [1.29, 1.82) is 0 Å². The van der Waals surface area contributed by atoms with Crippen molar-refractivity contribution in [2.75, 3.05) is 0 Å². The van der Waals surface area contributed by atoms with E-state index in [4.69, 9.17) is 4.74 Å². The van der Waals surface area contributed by atoms with Gasteiger partial charge in [0, 0.05) is 5.92 Å². The molecule has 0 aromatic rings. The van der Waals surface area contributed by atoms with E-state index in [1.807, 2.05) is 6.92 Å². The SMILES string of the molecule is CC[C@@]12C=C[C@@H](O1)[C@H](C(C)C)C(=O)[C@@H]2C. The molecule has 0 aliphatic carbocycles. The van der Waals surface area contributed by atoms with Crippen molar-refractivity contribution in [2.45, 2.75) is 45.8 Å². The second-order valence-corrected chi connectivity index (χ2v) is 5.14. The zero-order chi connectivity index (χ0) is 11.2. The van der Waals surface area contributed by atoms with Gasteiger partial charge < -0.3 is 4.74 Å². The summed E-state index contributed by atoms with van der Waals surface area (Å²) in [6.07, 6.45) is 5.12. The molecule has 1 saturated heterocycles. The monoisotopic (exact) mass is 208 g/mol. The van der Waals surface area contributed by atoms with E-state index in [-0.39, 0.29) is 23.5 Å². The second-order valence-electron chi connectivity index (χ2n) is 5.14. The van der Waals surface area contributed by atoms with Crippen LogP contribution in [0, 0.1) is 17.8 Å². The average Bonchev–Trinajstić information content (AvgIpc) is 2.57. The predicted molar refractivity (Wildman–Crippen MR) is 59.5 cm³/mol. The number of carbonyl (C=O) groups excluding carboxylic acids is 1. The standard InChI is InChI=1S/C13H20O2/c1-5-13-7-6-10(15-13)11(8(2)3)12(14)9(13)4/h6-11H,5H2,1-4H3/t9-,10+,11-,13-/m0/s1. The van der Waals surface area contributed by atoms with Gasteiger partial charge in [0.1, 0.15) is 5.78 Å². The van der Waals surface area contributed by atoms with Gasteiger partial charge in [0.2, 0.25) is 0 Å². The molecule has 2 bridgehead atoms. The summed E-state index contributed by atoms with van der Waals surface area (Å²) >= 11 is 0. The lowest BCUT2D eigenvalue weighted by Crippen LogP contribution is -2.51. The van der Waals surface area contributed by atoms with Crippen LogP contribution in [0.4, 0.5) is 0 Å². The third-order valence-electron chi connectivity index (χ3n) is 4.04. The van der Waals surface area contributed by atoms with Gasteiger partial charge in [-0.05, 0) is 12.3 Å². The van der Waals surface area contributed by atoms with Gasteiger partial charge in [-0.15, -0.1) is 0 Å². The van der Waals surface area contributed by atoms with E-state index in [1.165, 1.54) is 0 Å². The summed E-state index contributed by atoms with van der Waals surface area (Å²) in [5.74, 6) is 0.805. The van der Waals surface area contributed by atoms with Crippen molar-refractivity contribution in [2.24, 2.45) is 17.8 Å². The number of hydrogen-bond acceptors (Lipinski definition) is 2. The summed E-state index contributed by atoms with van der Waals surface area (Å²) in [5.41, 5.74) is -0.298. The third kappa shape index (κ3) is 1.38. The highest BCUT2D eigenvalue weighted by Crippen LogP contribution is 2.45. The van der Waals surface area contributed by atoms with Crippen LogP contribution in [0.5, 0.6) is 0 Å². The first kappa shape index (κ1) is 10.9. The second kappa shape index (κ2) is 3.44. The van der Waals surface area contributed by atoms with E-state index in [0.29, 0.717) is 11.7 Å². The van der Waals surface area contributed by atoms with Crippen molar-refractivity contribution in [3.8, 4) is 0 Å². The number of carbonyl (C=O) groups is 1. The van der Waals surface area contributed by atoms with Crippen LogP contribution in [-0.2, 0) is 9.53 Å². The molecule has 0 aromatic heterocycles. The Morgan fingerprint density at radius 2 is 2.20 bits per heavy atom. The quantitative estimate of drug-likeness (QED) is 0.652. The summed E-state index contributed by atoms with van der Waals surface area (Å²) < 4.78 is 6.06. The lowest BCUT2D eigenvalue weighted by molar-refractivity contribution is -0.164. The normalized spacial score (nSPS) is 44.1. The first-order valence-electron chi connectivity index (χ1n) is 5.92. The van der Waals surface area contributed by atoms with Gasteiger partial charge in [0.05, 0.1) is 17.6 Å². The molecular weight excluding hydrogens is 188 g/mol. The maximum Gasteiger partial charge on any atom is 0.145 e. The van der Waals surface area contributed by atoms with Crippen molar-refractivity contribution in [1.82, 2.24) is 0 Å². The Hall–Kier alpha value is -0.630. The first-order chi connectivity index (χ1) is 7.02. The Balaban J connectivity index is 2.33. The highest BCUT2D eigenvalue weighted by atomic mass is 16.5. The van der Waals surface area contributed by atoms with Crippen LogP contribution in [0.25, 0.3) is 0 Å². The van der Waals surface area contributed by atoms with Gasteiger partial charge in [-0.2, -0.15) is 0 Å². The Kier molecular flexibility index (Phi) is 2.50. The Bertz CT molecular complexity index is 306. The minimum atomic E-state index is -0.298. The summed E-state index contributed by atoms with van der Waals surface area (Å²) in [5, 5.41) is 0. The van der Waals surface area contributed by atoms with Crippen LogP contribution < -0.4 is 0 Å².